The minimum atomic E-state index is -0.404. The number of esters is 1. The molecule has 0 saturated carbocycles. The van der Waals surface area contributed by atoms with E-state index >= 15 is 0 Å². The maximum Gasteiger partial charge on any atom is 0.337 e. The first-order valence-electron chi connectivity index (χ1n) is 4.64. The molecule has 0 aliphatic heterocycles. The summed E-state index contributed by atoms with van der Waals surface area (Å²) < 4.78 is 9.93. The van der Waals surface area contributed by atoms with Gasteiger partial charge < -0.3 is 9.15 Å². The molecule has 0 aliphatic rings. The summed E-state index contributed by atoms with van der Waals surface area (Å²) >= 11 is 0. The van der Waals surface area contributed by atoms with Crippen molar-refractivity contribution >= 4 is 16.9 Å². The van der Waals surface area contributed by atoms with Gasteiger partial charge in [-0.05, 0) is 24.3 Å². The number of ether oxygens (including phenoxy) is 1. The van der Waals surface area contributed by atoms with E-state index < -0.39 is 5.97 Å². The lowest BCUT2D eigenvalue weighted by Gasteiger charge is -1.97. The number of rotatable bonds is 3. The lowest BCUT2D eigenvalue weighted by Crippen LogP contribution is -1.99. The van der Waals surface area contributed by atoms with Gasteiger partial charge in [-0.2, -0.15) is 4.91 Å². The zero-order valence-electron chi connectivity index (χ0n) is 8.60. The van der Waals surface area contributed by atoms with Gasteiger partial charge in [-0.1, -0.05) is 5.18 Å². The van der Waals surface area contributed by atoms with Crippen LogP contribution < -0.4 is 0 Å². The summed E-state index contributed by atoms with van der Waals surface area (Å²) in [5.41, 5.74) is 1.06. The first-order valence-corrected chi connectivity index (χ1v) is 4.64. The largest absolute Gasteiger partial charge is 0.465 e. The molecular formula is C11H9NO4. The predicted octanol–water partition coefficient (Wildman–Crippen LogP) is 2.49. The summed E-state index contributed by atoms with van der Waals surface area (Å²) in [7, 11) is 1.32. The number of carbonyl (C=O) groups excluding carboxylic acids is 1. The fourth-order valence-corrected chi connectivity index (χ4v) is 1.48. The van der Waals surface area contributed by atoms with Crippen molar-refractivity contribution in [3.05, 3.63) is 40.5 Å². The summed E-state index contributed by atoms with van der Waals surface area (Å²) in [5.74, 6) is 0.0742. The van der Waals surface area contributed by atoms with Crippen LogP contribution in [0.15, 0.2) is 33.9 Å². The molecule has 0 amide bonds. The Morgan fingerprint density at radius 2 is 2.25 bits per heavy atom. The maximum absolute atomic E-state index is 11.3. The predicted molar refractivity (Wildman–Crippen MR) is 57.1 cm³/mol. The molecule has 0 atom stereocenters. The summed E-state index contributed by atoms with van der Waals surface area (Å²) in [6, 6.07) is 6.60. The molecule has 0 unspecified atom stereocenters. The van der Waals surface area contributed by atoms with Gasteiger partial charge in [-0.3, -0.25) is 0 Å². The van der Waals surface area contributed by atoms with E-state index in [0.717, 1.165) is 5.39 Å². The van der Waals surface area contributed by atoms with Gasteiger partial charge in [0.1, 0.15) is 17.9 Å². The number of furan rings is 1. The molecule has 1 heterocycles. The fourth-order valence-electron chi connectivity index (χ4n) is 1.48. The number of hydrogen-bond donors (Lipinski definition) is 0. The van der Waals surface area contributed by atoms with Crippen molar-refractivity contribution in [2.75, 3.05) is 7.11 Å². The van der Waals surface area contributed by atoms with Gasteiger partial charge in [0.05, 0.1) is 12.7 Å². The number of fused-ring (bicyclic) bond motifs is 1. The second-order valence-electron chi connectivity index (χ2n) is 3.24. The van der Waals surface area contributed by atoms with E-state index in [1.54, 1.807) is 24.3 Å². The second kappa shape index (κ2) is 4.14. The Hall–Kier alpha value is -2.17. The number of benzene rings is 1. The second-order valence-corrected chi connectivity index (χ2v) is 3.24. The van der Waals surface area contributed by atoms with Crippen molar-refractivity contribution in [1.29, 1.82) is 0 Å². The molecule has 0 fully saturated rings. The minimum absolute atomic E-state index is 0.0117. The van der Waals surface area contributed by atoms with Crippen LogP contribution in [0.1, 0.15) is 16.1 Å². The van der Waals surface area contributed by atoms with Crippen molar-refractivity contribution in [2.45, 2.75) is 6.54 Å². The molecular weight excluding hydrogens is 210 g/mol. The van der Waals surface area contributed by atoms with Crippen LogP contribution in [0.3, 0.4) is 0 Å². The third-order valence-corrected chi connectivity index (χ3v) is 2.21. The smallest absolute Gasteiger partial charge is 0.337 e. The molecule has 0 saturated heterocycles. The molecule has 5 heteroatoms. The Balaban J connectivity index is 2.45. The van der Waals surface area contributed by atoms with Crippen LogP contribution in [0.4, 0.5) is 0 Å². The molecule has 5 nitrogen and oxygen atoms in total. The standard InChI is InChI=1S/C11H9NO4/c1-15-11(13)7-2-3-10-8(4-7)5-9(16-10)6-12-14/h2-5H,6H2,1H3. The third kappa shape index (κ3) is 1.79. The highest BCUT2D eigenvalue weighted by atomic mass is 16.5. The van der Waals surface area contributed by atoms with E-state index in [1.165, 1.54) is 7.11 Å². The van der Waals surface area contributed by atoms with Gasteiger partial charge in [-0.25, -0.2) is 4.79 Å². The number of nitroso groups, excluding NO2 is 1. The van der Waals surface area contributed by atoms with Gasteiger partial charge in [0.2, 0.25) is 0 Å². The van der Waals surface area contributed by atoms with Gasteiger partial charge in [-0.15, -0.1) is 0 Å². The zero-order valence-corrected chi connectivity index (χ0v) is 8.60. The zero-order chi connectivity index (χ0) is 11.5. The van der Waals surface area contributed by atoms with Crippen molar-refractivity contribution < 1.29 is 13.9 Å². The van der Waals surface area contributed by atoms with E-state index in [4.69, 9.17) is 4.42 Å². The van der Waals surface area contributed by atoms with Crippen LogP contribution in [0.25, 0.3) is 11.0 Å². The maximum atomic E-state index is 11.3. The summed E-state index contributed by atoms with van der Waals surface area (Å²) in [6.45, 7) is -0.0117. The van der Waals surface area contributed by atoms with Crippen LogP contribution >= 0.6 is 0 Å². The molecule has 16 heavy (non-hydrogen) atoms. The minimum Gasteiger partial charge on any atom is -0.465 e. The van der Waals surface area contributed by atoms with Crippen molar-refractivity contribution in [2.24, 2.45) is 5.18 Å². The van der Waals surface area contributed by atoms with Crippen molar-refractivity contribution in [3.8, 4) is 0 Å². The topological polar surface area (TPSA) is 68.9 Å². The molecule has 82 valence electrons. The quantitative estimate of drug-likeness (QED) is 0.587. The van der Waals surface area contributed by atoms with Crippen LogP contribution in [0.2, 0.25) is 0 Å². The Labute approximate surface area is 91.0 Å². The summed E-state index contributed by atoms with van der Waals surface area (Å²) in [4.78, 5) is 21.4. The van der Waals surface area contributed by atoms with E-state index in [-0.39, 0.29) is 6.54 Å². The van der Waals surface area contributed by atoms with E-state index in [0.29, 0.717) is 16.9 Å². The lowest BCUT2D eigenvalue weighted by atomic mass is 10.1. The highest BCUT2D eigenvalue weighted by molar-refractivity contribution is 5.94. The van der Waals surface area contributed by atoms with Crippen molar-refractivity contribution in [1.82, 2.24) is 0 Å². The fraction of sp³-hybridized carbons (Fsp3) is 0.182. The van der Waals surface area contributed by atoms with E-state index in [2.05, 4.69) is 9.91 Å². The highest BCUT2D eigenvalue weighted by Crippen LogP contribution is 2.21. The van der Waals surface area contributed by atoms with E-state index in [9.17, 15) is 9.70 Å². The molecule has 0 bridgehead atoms. The molecule has 0 radical (unpaired) electrons. The third-order valence-electron chi connectivity index (χ3n) is 2.21. The summed E-state index contributed by atoms with van der Waals surface area (Å²) in [6.07, 6.45) is 0. The van der Waals surface area contributed by atoms with Gasteiger partial charge in [0, 0.05) is 5.39 Å². The molecule has 0 aliphatic carbocycles. The summed E-state index contributed by atoms with van der Waals surface area (Å²) in [5, 5.41) is 3.49. The molecule has 0 spiro atoms. The Morgan fingerprint density at radius 3 is 2.94 bits per heavy atom. The highest BCUT2D eigenvalue weighted by Gasteiger charge is 2.09. The van der Waals surface area contributed by atoms with E-state index in [1.807, 2.05) is 0 Å². The number of hydrogen-bond acceptors (Lipinski definition) is 5. The average Bonchev–Trinajstić information content (AvgIpc) is 2.69. The monoisotopic (exact) mass is 219 g/mol. The van der Waals surface area contributed by atoms with Crippen LogP contribution in [-0.4, -0.2) is 13.1 Å². The van der Waals surface area contributed by atoms with Crippen LogP contribution in [0.5, 0.6) is 0 Å². The van der Waals surface area contributed by atoms with Gasteiger partial charge in [0.15, 0.2) is 0 Å². The number of methoxy groups -OCH3 is 1. The first-order chi connectivity index (χ1) is 7.74. The Morgan fingerprint density at radius 1 is 1.44 bits per heavy atom. The van der Waals surface area contributed by atoms with Gasteiger partial charge >= 0.3 is 5.97 Å². The molecule has 2 aromatic rings. The normalized spacial score (nSPS) is 10.3. The van der Waals surface area contributed by atoms with Crippen molar-refractivity contribution in [3.63, 3.8) is 0 Å². The SMILES string of the molecule is COC(=O)c1ccc2oc(CN=O)cc2c1. The molecule has 2 rings (SSSR count). The van der Waals surface area contributed by atoms with Crippen LogP contribution in [-0.2, 0) is 11.3 Å². The lowest BCUT2D eigenvalue weighted by molar-refractivity contribution is 0.0601. The van der Waals surface area contributed by atoms with Crippen LogP contribution in [0, 0.1) is 4.91 Å². The average molecular weight is 219 g/mol. The Bertz CT molecular complexity index is 544. The molecule has 0 N–H and O–H groups in total. The Kier molecular flexibility index (Phi) is 2.68. The molecule has 1 aromatic carbocycles. The first kappa shape index (κ1) is 10.4. The molecule has 1 aromatic heterocycles. The van der Waals surface area contributed by atoms with Gasteiger partial charge in [0.25, 0.3) is 0 Å². The number of carbonyl (C=O) groups is 1. The number of nitrogens with zero attached hydrogens (tertiary/aromatic N) is 1.